The summed E-state index contributed by atoms with van der Waals surface area (Å²) >= 11 is 0. The lowest BCUT2D eigenvalue weighted by atomic mass is 10.0. The largest absolute Gasteiger partial charge is 0.351 e. The van der Waals surface area contributed by atoms with Crippen LogP contribution < -0.4 is 16.5 Å². The Balaban J connectivity index is 1.77. The molecule has 1 aromatic heterocycles. The fraction of sp³-hybridized carbons (Fsp3) is 0.412. The van der Waals surface area contributed by atoms with Crippen LogP contribution in [-0.4, -0.2) is 23.1 Å². The van der Waals surface area contributed by atoms with Crippen LogP contribution in [0.2, 0.25) is 0 Å². The molecule has 3 rings (SSSR count). The maximum absolute atomic E-state index is 12.3. The fourth-order valence-electron chi connectivity index (χ4n) is 3.31. The second kappa shape index (κ2) is 6.32. The van der Waals surface area contributed by atoms with Gasteiger partial charge in [0.25, 0.3) is 0 Å². The molecule has 5 heteroatoms. The predicted octanol–water partition coefficient (Wildman–Crippen LogP) is 1.25. The summed E-state index contributed by atoms with van der Waals surface area (Å²) in [6.07, 6.45) is 4.88. The number of aromatic nitrogens is 1. The molecule has 2 unspecified atom stereocenters. The van der Waals surface area contributed by atoms with Crippen LogP contribution in [0.5, 0.6) is 0 Å². The van der Waals surface area contributed by atoms with Gasteiger partial charge in [-0.3, -0.25) is 9.59 Å². The Morgan fingerprint density at radius 2 is 2.09 bits per heavy atom. The number of pyridine rings is 1. The van der Waals surface area contributed by atoms with Crippen LogP contribution in [0.25, 0.3) is 10.9 Å². The molecule has 1 aliphatic carbocycles. The van der Waals surface area contributed by atoms with Crippen molar-refractivity contribution in [2.24, 2.45) is 11.7 Å². The zero-order valence-corrected chi connectivity index (χ0v) is 12.5. The number of nitrogens with zero attached hydrogens (tertiary/aromatic N) is 1. The first-order valence-electron chi connectivity index (χ1n) is 7.76. The lowest BCUT2D eigenvalue weighted by Gasteiger charge is -2.20. The van der Waals surface area contributed by atoms with E-state index in [1.54, 1.807) is 12.3 Å². The molecule has 1 aliphatic rings. The zero-order valence-electron chi connectivity index (χ0n) is 12.5. The summed E-state index contributed by atoms with van der Waals surface area (Å²) in [4.78, 5) is 24.2. The van der Waals surface area contributed by atoms with Gasteiger partial charge in [0.05, 0.1) is 5.52 Å². The van der Waals surface area contributed by atoms with E-state index in [-0.39, 0.29) is 23.9 Å². The van der Waals surface area contributed by atoms with Crippen molar-refractivity contribution < 1.29 is 4.79 Å². The number of hydrogen-bond donors (Lipinski definition) is 2. The van der Waals surface area contributed by atoms with E-state index in [2.05, 4.69) is 5.32 Å². The molecular formula is C17H21N3O2. The minimum atomic E-state index is -0.0286. The molecule has 2 aromatic rings. The molecule has 5 nitrogen and oxygen atoms in total. The number of rotatable bonds is 4. The summed E-state index contributed by atoms with van der Waals surface area (Å²) in [5, 5.41) is 3.73. The van der Waals surface area contributed by atoms with Crippen molar-refractivity contribution in [2.75, 3.05) is 6.54 Å². The van der Waals surface area contributed by atoms with E-state index in [0.29, 0.717) is 17.8 Å². The smallest absolute Gasteiger partial charge is 0.240 e. The van der Waals surface area contributed by atoms with Crippen molar-refractivity contribution in [3.8, 4) is 0 Å². The van der Waals surface area contributed by atoms with Gasteiger partial charge < -0.3 is 15.6 Å². The SMILES string of the molecule is NCC1CCCC1NC(=O)Cn1ccc(=O)c2ccccc21. The zero-order chi connectivity index (χ0) is 15.5. The van der Waals surface area contributed by atoms with Gasteiger partial charge in [-0.15, -0.1) is 0 Å². The summed E-state index contributed by atoms with van der Waals surface area (Å²) < 4.78 is 1.82. The molecule has 3 N–H and O–H groups in total. The number of carbonyl (C=O) groups excluding carboxylic acids is 1. The molecule has 2 atom stereocenters. The Labute approximate surface area is 129 Å². The molecule has 0 radical (unpaired) electrons. The van der Waals surface area contributed by atoms with Crippen molar-refractivity contribution in [1.29, 1.82) is 0 Å². The highest BCUT2D eigenvalue weighted by molar-refractivity contribution is 5.82. The Bertz CT molecular complexity index is 738. The number of nitrogens with two attached hydrogens (primary N) is 1. The molecule has 0 bridgehead atoms. The topological polar surface area (TPSA) is 77.1 Å². The fourth-order valence-corrected chi connectivity index (χ4v) is 3.31. The molecule has 1 aromatic carbocycles. The van der Waals surface area contributed by atoms with Crippen LogP contribution in [0.3, 0.4) is 0 Å². The third-order valence-corrected chi connectivity index (χ3v) is 4.51. The second-order valence-corrected chi connectivity index (χ2v) is 5.93. The third kappa shape index (κ3) is 2.90. The molecule has 1 heterocycles. The van der Waals surface area contributed by atoms with Gasteiger partial charge in [0.15, 0.2) is 5.43 Å². The first-order chi connectivity index (χ1) is 10.7. The predicted molar refractivity (Wildman–Crippen MR) is 86.5 cm³/mol. The normalized spacial score (nSPS) is 21.1. The summed E-state index contributed by atoms with van der Waals surface area (Å²) in [5.41, 5.74) is 6.51. The highest BCUT2D eigenvalue weighted by Crippen LogP contribution is 2.24. The number of nitrogens with one attached hydrogen (secondary N) is 1. The van der Waals surface area contributed by atoms with Gasteiger partial charge in [-0.1, -0.05) is 18.6 Å². The summed E-state index contributed by atoms with van der Waals surface area (Å²) in [6, 6.07) is 9.04. The van der Waals surface area contributed by atoms with Gasteiger partial charge in [-0.25, -0.2) is 0 Å². The first-order valence-corrected chi connectivity index (χ1v) is 7.76. The molecule has 0 aliphatic heterocycles. The van der Waals surface area contributed by atoms with Crippen molar-refractivity contribution in [2.45, 2.75) is 31.8 Å². The van der Waals surface area contributed by atoms with E-state index in [1.807, 2.05) is 22.8 Å². The number of para-hydroxylation sites is 1. The van der Waals surface area contributed by atoms with Gasteiger partial charge in [-0.2, -0.15) is 0 Å². The van der Waals surface area contributed by atoms with Crippen molar-refractivity contribution >= 4 is 16.8 Å². The highest BCUT2D eigenvalue weighted by atomic mass is 16.2. The maximum atomic E-state index is 12.3. The van der Waals surface area contributed by atoms with Gasteiger partial charge >= 0.3 is 0 Å². The average Bonchev–Trinajstić information content (AvgIpc) is 2.97. The van der Waals surface area contributed by atoms with E-state index < -0.39 is 0 Å². The van der Waals surface area contributed by atoms with Crippen molar-refractivity contribution in [1.82, 2.24) is 9.88 Å². The molecule has 1 saturated carbocycles. The molecule has 0 spiro atoms. The summed E-state index contributed by atoms with van der Waals surface area (Å²) in [7, 11) is 0. The van der Waals surface area contributed by atoms with E-state index in [4.69, 9.17) is 5.73 Å². The van der Waals surface area contributed by atoms with Crippen molar-refractivity contribution in [3.05, 3.63) is 46.8 Å². The number of carbonyl (C=O) groups is 1. The summed E-state index contributed by atoms with van der Waals surface area (Å²) in [6.45, 7) is 0.834. The number of benzene rings is 1. The Hall–Kier alpha value is -2.14. The van der Waals surface area contributed by atoms with Gasteiger partial charge in [-0.05, 0) is 37.4 Å². The van der Waals surface area contributed by atoms with Crippen LogP contribution >= 0.6 is 0 Å². The average molecular weight is 299 g/mol. The van der Waals surface area contributed by atoms with Gasteiger partial charge in [0, 0.05) is 23.7 Å². The van der Waals surface area contributed by atoms with Crippen LogP contribution in [0, 0.1) is 5.92 Å². The van der Waals surface area contributed by atoms with Gasteiger partial charge in [0.1, 0.15) is 6.54 Å². The minimum absolute atomic E-state index is 0.0220. The monoisotopic (exact) mass is 299 g/mol. The lowest BCUT2D eigenvalue weighted by molar-refractivity contribution is -0.122. The second-order valence-electron chi connectivity index (χ2n) is 5.93. The molecular weight excluding hydrogens is 278 g/mol. The molecule has 1 amide bonds. The molecule has 0 saturated heterocycles. The lowest BCUT2D eigenvalue weighted by Crippen LogP contribution is -2.41. The summed E-state index contributed by atoms with van der Waals surface area (Å²) in [5.74, 6) is 0.355. The van der Waals surface area contributed by atoms with Crippen LogP contribution in [0.4, 0.5) is 0 Å². The third-order valence-electron chi connectivity index (χ3n) is 4.51. The van der Waals surface area contributed by atoms with Crippen LogP contribution in [-0.2, 0) is 11.3 Å². The van der Waals surface area contributed by atoms with Gasteiger partial charge in [0.2, 0.25) is 5.91 Å². The standard InChI is InChI=1S/C17H21N3O2/c18-10-12-4-3-6-14(12)19-17(22)11-20-9-8-16(21)13-5-1-2-7-15(13)20/h1-2,5,7-9,12,14H,3-4,6,10-11,18H2,(H,19,22). The quantitative estimate of drug-likeness (QED) is 0.892. The van der Waals surface area contributed by atoms with E-state index in [1.165, 1.54) is 6.07 Å². The number of amides is 1. The number of hydrogen-bond acceptors (Lipinski definition) is 3. The van der Waals surface area contributed by atoms with Crippen LogP contribution in [0.1, 0.15) is 19.3 Å². The Morgan fingerprint density at radius 1 is 1.27 bits per heavy atom. The first kappa shape index (κ1) is 14.8. The van der Waals surface area contributed by atoms with E-state index >= 15 is 0 Å². The maximum Gasteiger partial charge on any atom is 0.240 e. The highest BCUT2D eigenvalue weighted by Gasteiger charge is 2.27. The van der Waals surface area contributed by atoms with Crippen molar-refractivity contribution in [3.63, 3.8) is 0 Å². The van der Waals surface area contributed by atoms with E-state index in [0.717, 1.165) is 24.8 Å². The Morgan fingerprint density at radius 3 is 2.91 bits per heavy atom. The van der Waals surface area contributed by atoms with E-state index in [9.17, 15) is 9.59 Å². The Kier molecular flexibility index (Phi) is 4.24. The molecule has 22 heavy (non-hydrogen) atoms. The number of fused-ring (bicyclic) bond motifs is 1. The molecule has 1 fully saturated rings. The molecule has 116 valence electrons. The minimum Gasteiger partial charge on any atom is -0.351 e. The van der Waals surface area contributed by atoms with Crippen LogP contribution in [0.15, 0.2) is 41.3 Å².